The topological polar surface area (TPSA) is 44.4 Å². The maximum Gasteiger partial charge on any atom is 0.237 e. The largest absolute Gasteiger partial charge is 0.351 e. The summed E-state index contributed by atoms with van der Waals surface area (Å²) >= 11 is 0. The standard InChI is InChI=1S/C13H23N3O.2ClH/c17-13(12-3-1-2-7-14-12)15-10-6-8-16(9-10)11-4-5-11;;/h10-12,14H,1-9H2,(H,15,17);2*1H/t10?,12-;;/m1../s1. The highest BCUT2D eigenvalue weighted by molar-refractivity contribution is 5.85. The van der Waals surface area contributed by atoms with Crippen LogP contribution in [-0.2, 0) is 4.79 Å². The van der Waals surface area contributed by atoms with E-state index in [2.05, 4.69) is 15.5 Å². The highest BCUT2D eigenvalue weighted by Crippen LogP contribution is 2.29. The Labute approximate surface area is 127 Å². The molecule has 1 saturated carbocycles. The predicted molar refractivity (Wildman–Crippen MR) is 81.3 cm³/mol. The Kier molecular flexibility index (Phi) is 6.87. The highest BCUT2D eigenvalue weighted by Gasteiger charge is 2.35. The smallest absolute Gasteiger partial charge is 0.237 e. The number of carbonyl (C=O) groups is 1. The molecule has 0 aromatic carbocycles. The van der Waals surface area contributed by atoms with Gasteiger partial charge in [0, 0.05) is 25.2 Å². The second kappa shape index (κ2) is 7.67. The molecular formula is C13H25Cl2N3O. The molecule has 3 fully saturated rings. The third-order valence-electron chi connectivity index (χ3n) is 4.26. The van der Waals surface area contributed by atoms with E-state index < -0.39 is 0 Å². The molecule has 19 heavy (non-hydrogen) atoms. The van der Waals surface area contributed by atoms with Crippen molar-refractivity contribution in [3.63, 3.8) is 0 Å². The summed E-state index contributed by atoms with van der Waals surface area (Å²) in [4.78, 5) is 14.6. The number of carbonyl (C=O) groups excluding carboxylic acids is 1. The fourth-order valence-corrected chi connectivity index (χ4v) is 3.05. The van der Waals surface area contributed by atoms with Gasteiger partial charge in [0.15, 0.2) is 0 Å². The van der Waals surface area contributed by atoms with Crippen molar-refractivity contribution in [2.75, 3.05) is 19.6 Å². The first-order valence-corrected chi connectivity index (χ1v) is 7.11. The first-order chi connectivity index (χ1) is 8.33. The van der Waals surface area contributed by atoms with Gasteiger partial charge in [0.1, 0.15) is 0 Å². The van der Waals surface area contributed by atoms with Gasteiger partial charge in [-0.05, 0) is 38.6 Å². The Morgan fingerprint density at radius 1 is 1.11 bits per heavy atom. The van der Waals surface area contributed by atoms with Gasteiger partial charge in [-0.2, -0.15) is 0 Å². The summed E-state index contributed by atoms with van der Waals surface area (Å²) in [6.45, 7) is 3.24. The number of nitrogens with zero attached hydrogens (tertiary/aromatic N) is 1. The van der Waals surface area contributed by atoms with Crippen LogP contribution in [0.15, 0.2) is 0 Å². The van der Waals surface area contributed by atoms with Crippen molar-refractivity contribution < 1.29 is 4.79 Å². The molecule has 0 aromatic rings. The number of piperidine rings is 1. The van der Waals surface area contributed by atoms with Crippen molar-refractivity contribution in [1.29, 1.82) is 0 Å². The summed E-state index contributed by atoms with van der Waals surface area (Å²) in [6.07, 6.45) is 7.27. The Balaban J connectivity index is 0.000000902. The van der Waals surface area contributed by atoms with Gasteiger partial charge in [0.05, 0.1) is 6.04 Å². The van der Waals surface area contributed by atoms with Gasteiger partial charge < -0.3 is 10.6 Å². The summed E-state index contributed by atoms with van der Waals surface area (Å²) in [5.74, 6) is 0.229. The van der Waals surface area contributed by atoms with Crippen LogP contribution in [0.25, 0.3) is 0 Å². The van der Waals surface area contributed by atoms with Crippen LogP contribution >= 0.6 is 24.8 Å². The minimum absolute atomic E-state index is 0. The number of likely N-dealkylation sites (tertiary alicyclic amines) is 1. The molecular weight excluding hydrogens is 285 g/mol. The van der Waals surface area contributed by atoms with Crippen LogP contribution in [0.5, 0.6) is 0 Å². The third kappa shape index (κ3) is 4.48. The molecule has 112 valence electrons. The molecule has 0 aromatic heterocycles. The molecule has 6 heteroatoms. The number of hydrogen-bond acceptors (Lipinski definition) is 3. The third-order valence-corrected chi connectivity index (χ3v) is 4.26. The molecule has 2 heterocycles. The normalized spacial score (nSPS) is 31.2. The minimum Gasteiger partial charge on any atom is -0.351 e. The van der Waals surface area contributed by atoms with Crippen LogP contribution in [0.1, 0.15) is 38.5 Å². The van der Waals surface area contributed by atoms with E-state index in [4.69, 9.17) is 0 Å². The summed E-state index contributed by atoms with van der Waals surface area (Å²) in [7, 11) is 0. The zero-order valence-corrected chi connectivity index (χ0v) is 12.9. The van der Waals surface area contributed by atoms with Gasteiger partial charge in [-0.3, -0.25) is 9.69 Å². The van der Waals surface area contributed by atoms with Crippen molar-refractivity contribution in [1.82, 2.24) is 15.5 Å². The molecule has 2 aliphatic heterocycles. The lowest BCUT2D eigenvalue weighted by molar-refractivity contribution is -0.124. The van der Waals surface area contributed by atoms with E-state index in [-0.39, 0.29) is 36.8 Å². The van der Waals surface area contributed by atoms with Gasteiger partial charge in [0.25, 0.3) is 0 Å². The SMILES string of the molecule is Cl.Cl.O=C(NC1CCN(C2CC2)C1)[C@H]1CCCCN1. The Morgan fingerprint density at radius 3 is 2.53 bits per heavy atom. The summed E-state index contributed by atoms with van der Waals surface area (Å²) in [5.41, 5.74) is 0. The molecule has 2 saturated heterocycles. The van der Waals surface area contributed by atoms with Crippen LogP contribution in [0.2, 0.25) is 0 Å². The number of halogens is 2. The monoisotopic (exact) mass is 309 g/mol. The lowest BCUT2D eigenvalue weighted by Crippen LogP contribution is -2.50. The Bertz CT molecular complexity index is 294. The molecule has 1 unspecified atom stereocenters. The molecule has 4 nitrogen and oxygen atoms in total. The van der Waals surface area contributed by atoms with E-state index in [0.717, 1.165) is 32.0 Å². The van der Waals surface area contributed by atoms with E-state index in [1.165, 1.54) is 32.2 Å². The van der Waals surface area contributed by atoms with E-state index in [0.29, 0.717) is 6.04 Å². The Hall–Kier alpha value is -0.0300. The lowest BCUT2D eigenvalue weighted by Gasteiger charge is -2.24. The summed E-state index contributed by atoms with van der Waals surface area (Å²) < 4.78 is 0. The zero-order chi connectivity index (χ0) is 11.7. The molecule has 1 amide bonds. The first kappa shape index (κ1) is 17.0. The van der Waals surface area contributed by atoms with Gasteiger partial charge >= 0.3 is 0 Å². The zero-order valence-electron chi connectivity index (χ0n) is 11.3. The van der Waals surface area contributed by atoms with E-state index in [9.17, 15) is 4.79 Å². The average molecular weight is 310 g/mol. The van der Waals surface area contributed by atoms with Crippen LogP contribution in [0, 0.1) is 0 Å². The molecule has 2 atom stereocenters. The van der Waals surface area contributed by atoms with E-state index >= 15 is 0 Å². The quantitative estimate of drug-likeness (QED) is 0.826. The Morgan fingerprint density at radius 2 is 1.89 bits per heavy atom. The van der Waals surface area contributed by atoms with E-state index in [1.54, 1.807) is 0 Å². The fourth-order valence-electron chi connectivity index (χ4n) is 3.05. The fraction of sp³-hybridized carbons (Fsp3) is 0.923. The minimum atomic E-state index is 0. The van der Waals surface area contributed by atoms with Gasteiger partial charge in [0.2, 0.25) is 5.91 Å². The first-order valence-electron chi connectivity index (χ1n) is 7.11. The number of hydrogen-bond donors (Lipinski definition) is 2. The molecule has 2 N–H and O–H groups in total. The van der Waals surface area contributed by atoms with Crippen LogP contribution in [0.4, 0.5) is 0 Å². The van der Waals surface area contributed by atoms with Crippen molar-refractivity contribution in [2.24, 2.45) is 0 Å². The van der Waals surface area contributed by atoms with Gasteiger partial charge in [-0.15, -0.1) is 24.8 Å². The van der Waals surface area contributed by atoms with E-state index in [1.807, 2.05) is 0 Å². The lowest BCUT2D eigenvalue weighted by atomic mass is 10.0. The molecule has 0 spiro atoms. The summed E-state index contributed by atoms with van der Waals surface area (Å²) in [5, 5.41) is 6.53. The van der Waals surface area contributed by atoms with Crippen molar-refractivity contribution in [3.8, 4) is 0 Å². The molecule has 0 radical (unpaired) electrons. The second-order valence-electron chi connectivity index (χ2n) is 5.72. The summed E-state index contributed by atoms with van der Waals surface area (Å²) in [6, 6.07) is 1.30. The van der Waals surface area contributed by atoms with Gasteiger partial charge in [-0.1, -0.05) is 6.42 Å². The molecule has 0 bridgehead atoms. The van der Waals surface area contributed by atoms with Crippen LogP contribution in [0.3, 0.4) is 0 Å². The van der Waals surface area contributed by atoms with Crippen molar-refractivity contribution in [2.45, 2.75) is 56.7 Å². The maximum atomic E-state index is 12.1. The van der Waals surface area contributed by atoms with Crippen molar-refractivity contribution >= 4 is 30.7 Å². The molecule has 3 aliphatic rings. The number of rotatable bonds is 3. The number of nitrogens with one attached hydrogen (secondary N) is 2. The predicted octanol–water partition coefficient (Wildman–Crippen LogP) is 1.32. The molecule has 3 rings (SSSR count). The second-order valence-corrected chi connectivity index (χ2v) is 5.72. The van der Waals surface area contributed by atoms with Crippen LogP contribution < -0.4 is 10.6 Å². The maximum absolute atomic E-state index is 12.1. The highest BCUT2D eigenvalue weighted by atomic mass is 35.5. The average Bonchev–Trinajstić information content (AvgIpc) is 3.12. The van der Waals surface area contributed by atoms with Crippen molar-refractivity contribution in [3.05, 3.63) is 0 Å². The van der Waals surface area contributed by atoms with Crippen LogP contribution in [-0.4, -0.2) is 48.6 Å². The molecule has 1 aliphatic carbocycles. The van der Waals surface area contributed by atoms with Gasteiger partial charge in [-0.25, -0.2) is 0 Å². The number of amides is 1.